The zero-order chi connectivity index (χ0) is 12.4. The average molecular weight is 263 g/mol. The minimum Gasteiger partial charge on any atom is -0.317 e. The first kappa shape index (κ1) is 11.9. The number of hydrogen-bond acceptors (Lipinski definition) is 4. The fourth-order valence-electron chi connectivity index (χ4n) is 2.12. The zero-order valence-electron chi connectivity index (χ0n) is 9.90. The van der Waals surface area contributed by atoms with Crippen molar-refractivity contribution < 1.29 is 4.39 Å². The highest BCUT2D eigenvalue weighted by molar-refractivity contribution is 7.99. The maximum atomic E-state index is 13.1. The van der Waals surface area contributed by atoms with Crippen LogP contribution < -0.4 is 5.32 Å². The van der Waals surface area contributed by atoms with Gasteiger partial charge in [0.1, 0.15) is 0 Å². The van der Waals surface area contributed by atoms with E-state index in [1.165, 1.54) is 12.3 Å². The Bertz CT molecular complexity index is 555. The third-order valence-electron chi connectivity index (χ3n) is 3.09. The SMILES string of the molecule is Fc1cc2nc(SC3CCNCC3)ccc2cn1. The summed E-state index contributed by atoms with van der Waals surface area (Å²) in [5, 5.41) is 5.81. The minimum atomic E-state index is -0.473. The number of rotatable bonds is 2. The Balaban J connectivity index is 1.83. The van der Waals surface area contributed by atoms with E-state index in [0.29, 0.717) is 10.8 Å². The van der Waals surface area contributed by atoms with Crippen molar-refractivity contribution in [1.82, 2.24) is 15.3 Å². The highest BCUT2D eigenvalue weighted by Gasteiger charge is 2.15. The van der Waals surface area contributed by atoms with Gasteiger partial charge in [-0.1, -0.05) is 0 Å². The van der Waals surface area contributed by atoms with Crippen molar-refractivity contribution in [2.75, 3.05) is 13.1 Å². The van der Waals surface area contributed by atoms with E-state index in [1.54, 1.807) is 11.8 Å². The number of thioether (sulfide) groups is 1. The summed E-state index contributed by atoms with van der Waals surface area (Å²) >= 11 is 1.79. The Hall–Kier alpha value is -1.20. The highest BCUT2D eigenvalue weighted by Crippen LogP contribution is 2.28. The Labute approximate surface area is 109 Å². The van der Waals surface area contributed by atoms with E-state index in [-0.39, 0.29) is 0 Å². The van der Waals surface area contributed by atoms with Gasteiger partial charge >= 0.3 is 0 Å². The third kappa shape index (κ3) is 2.62. The first-order chi connectivity index (χ1) is 8.81. The monoisotopic (exact) mass is 263 g/mol. The Kier molecular flexibility index (Phi) is 3.43. The number of fused-ring (bicyclic) bond motifs is 1. The molecule has 0 amide bonds. The lowest BCUT2D eigenvalue weighted by Crippen LogP contribution is -2.29. The minimum absolute atomic E-state index is 0.473. The number of hydrogen-bond donors (Lipinski definition) is 1. The standard InChI is InChI=1S/C13H14FN3S/c14-12-7-11-9(8-16-12)1-2-13(17-11)18-10-3-5-15-6-4-10/h1-2,7-8,10,15H,3-6H2. The molecule has 0 saturated carbocycles. The van der Waals surface area contributed by atoms with E-state index < -0.39 is 5.95 Å². The van der Waals surface area contributed by atoms with Crippen LogP contribution in [-0.2, 0) is 0 Å². The van der Waals surface area contributed by atoms with Crippen LogP contribution in [0.2, 0.25) is 0 Å². The molecule has 3 heterocycles. The van der Waals surface area contributed by atoms with Crippen LogP contribution in [0, 0.1) is 5.95 Å². The molecular formula is C13H14FN3S. The number of halogens is 1. The number of nitrogens with zero attached hydrogens (tertiary/aromatic N) is 2. The van der Waals surface area contributed by atoms with Crippen LogP contribution in [-0.4, -0.2) is 28.3 Å². The van der Waals surface area contributed by atoms with Gasteiger partial charge < -0.3 is 5.32 Å². The molecule has 0 bridgehead atoms. The van der Waals surface area contributed by atoms with Gasteiger partial charge in [-0.3, -0.25) is 0 Å². The van der Waals surface area contributed by atoms with Gasteiger partial charge in [-0.05, 0) is 38.1 Å². The summed E-state index contributed by atoms with van der Waals surface area (Å²) < 4.78 is 13.1. The molecule has 0 atom stereocenters. The van der Waals surface area contributed by atoms with Gasteiger partial charge in [0.2, 0.25) is 5.95 Å². The van der Waals surface area contributed by atoms with Gasteiger partial charge in [0, 0.05) is 22.9 Å². The summed E-state index contributed by atoms with van der Waals surface area (Å²) in [5.74, 6) is -0.473. The van der Waals surface area contributed by atoms with Gasteiger partial charge in [-0.15, -0.1) is 11.8 Å². The molecule has 94 valence electrons. The molecule has 0 radical (unpaired) electrons. The predicted octanol–water partition coefficient (Wildman–Crippen LogP) is 2.61. The maximum absolute atomic E-state index is 13.1. The van der Waals surface area contributed by atoms with Crippen molar-refractivity contribution >= 4 is 22.7 Å². The van der Waals surface area contributed by atoms with E-state index in [2.05, 4.69) is 15.3 Å². The van der Waals surface area contributed by atoms with E-state index >= 15 is 0 Å². The normalized spacial score (nSPS) is 17.2. The van der Waals surface area contributed by atoms with Crippen molar-refractivity contribution in [1.29, 1.82) is 0 Å². The molecule has 3 nitrogen and oxygen atoms in total. The lowest BCUT2D eigenvalue weighted by Gasteiger charge is -2.21. The second-order valence-electron chi connectivity index (χ2n) is 4.42. The fraction of sp³-hybridized carbons (Fsp3) is 0.385. The van der Waals surface area contributed by atoms with Crippen LogP contribution >= 0.6 is 11.8 Å². The van der Waals surface area contributed by atoms with Crippen molar-refractivity contribution in [3.05, 3.63) is 30.3 Å². The molecule has 0 aliphatic carbocycles. The molecule has 1 aliphatic rings. The molecular weight excluding hydrogens is 249 g/mol. The van der Waals surface area contributed by atoms with Crippen LogP contribution in [0.3, 0.4) is 0 Å². The van der Waals surface area contributed by atoms with Crippen LogP contribution in [0.4, 0.5) is 4.39 Å². The molecule has 18 heavy (non-hydrogen) atoms. The largest absolute Gasteiger partial charge is 0.317 e. The molecule has 1 aliphatic heterocycles. The first-order valence-corrected chi connectivity index (χ1v) is 6.99. The zero-order valence-corrected chi connectivity index (χ0v) is 10.7. The molecule has 5 heteroatoms. The molecule has 0 spiro atoms. The quantitative estimate of drug-likeness (QED) is 0.845. The van der Waals surface area contributed by atoms with Crippen LogP contribution in [0.1, 0.15) is 12.8 Å². The lowest BCUT2D eigenvalue weighted by molar-refractivity contribution is 0.531. The first-order valence-electron chi connectivity index (χ1n) is 6.11. The number of nitrogens with one attached hydrogen (secondary N) is 1. The second-order valence-corrected chi connectivity index (χ2v) is 5.74. The molecule has 0 aromatic carbocycles. The van der Waals surface area contributed by atoms with Crippen LogP contribution in [0.5, 0.6) is 0 Å². The lowest BCUT2D eigenvalue weighted by atomic mass is 10.2. The number of aromatic nitrogens is 2. The van der Waals surface area contributed by atoms with Gasteiger partial charge in [0.25, 0.3) is 0 Å². The number of pyridine rings is 2. The topological polar surface area (TPSA) is 37.8 Å². The molecule has 2 aromatic rings. The summed E-state index contributed by atoms with van der Waals surface area (Å²) in [4.78, 5) is 8.12. The fourth-order valence-corrected chi connectivity index (χ4v) is 3.23. The van der Waals surface area contributed by atoms with Gasteiger partial charge in [0.15, 0.2) is 0 Å². The molecule has 3 rings (SSSR count). The Morgan fingerprint density at radius 1 is 1.28 bits per heavy atom. The molecule has 1 fully saturated rings. The van der Waals surface area contributed by atoms with E-state index in [1.807, 2.05) is 12.1 Å². The molecule has 1 saturated heterocycles. The van der Waals surface area contributed by atoms with Crippen molar-refractivity contribution in [3.8, 4) is 0 Å². The number of piperidine rings is 1. The summed E-state index contributed by atoms with van der Waals surface area (Å²) in [7, 11) is 0. The van der Waals surface area contributed by atoms with Gasteiger partial charge in [-0.2, -0.15) is 4.39 Å². The van der Waals surface area contributed by atoms with E-state index in [0.717, 1.165) is 36.3 Å². The second kappa shape index (κ2) is 5.20. The van der Waals surface area contributed by atoms with Gasteiger partial charge in [0.05, 0.1) is 10.5 Å². The maximum Gasteiger partial charge on any atom is 0.214 e. The van der Waals surface area contributed by atoms with E-state index in [4.69, 9.17) is 0 Å². The summed E-state index contributed by atoms with van der Waals surface area (Å²) in [6.45, 7) is 2.15. The van der Waals surface area contributed by atoms with Crippen molar-refractivity contribution in [2.24, 2.45) is 0 Å². The molecule has 2 aromatic heterocycles. The third-order valence-corrected chi connectivity index (χ3v) is 4.36. The van der Waals surface area contributed by atoms with Crippen molar-refractivity contribution in [3.63, 3.8) is 0 Å². The Morgan fingerprint density at radius 3 is 2.94 bits per heavy atom. The van der Waals surface area contributed by atoms with Crippen LogP contribution in [0.15, 0.2) is 29.4 Å². The van der Waals surface area contributed by atoms with Gasteiger partial charge in [-0.25, -0.2) is 9.97 Å². The summed E-state index contributed by atoms with van der Waals surface area (Å²) in [5.41, 5.74) is 0.682. The molecule has 1 N–H and O–H groups in total. The van der Waals surface area contributed by atoms with Crippen molar-refractivity contribution in [2.45, 2.75) is 23.1 Å². The molecule has 0 unspecified atom stereocenters. The summed E-state index contributed by atoms with van der Waals surface area (Å²) in [6.07, 6.45) is 3.85. The smallest absolute Gasteiger partial charge is 0.214 e. The van der Waals surface area contributed by atoms with Crippen LogP contribution in [0.25, 0.3) is 10.9 Å². The summed E-state index contributed by atoms with van der Waals surface area (Å²) in [6, 6.07) is 5.34. The predicted molar refractivity (Wildman–Crippen MR) is 71.2 cm³/mol. The average Bonchev–Trinajstić information content (AvgIpc) is 2.39. The van der Waals surface area contributed by atoms with E-state index in [9.17, 15) is 4.39 Å². The highest BCUT2D eigenvalue weighted by atomic mass is 32.2. The Morgan fingerprint density at radius 2 is 2.11 bits per heavy atom.